The van der Waals surface area contributed by atoms with Gasteiger partial charge in [0, 0.05) is 28.4 Å². The van der Waals surface area contributed by atoms with Gasteiger partial charge in [0.2, 0.25) is 0 Å². The fraction of sp³-hybridized carbons (Fsp3) is 0.0833. The second kappa shape index (κ2) is 4.03. The fourth-order valence-corrected chi connectivity index (χ4v) is 1.79. The van der Waals surface area contributed by atoms with Crippen molar-refractivity contribution in [1.29, 1.82) is 0 Å². The molecule has 0 saturated carbocycles. The molecule has 1 amide bonds. The summed E-state index contributed by atoms with van der Waals surface area (Å²) in [7, 11) is 1.75. The molecule has 0 spiro atoms. The van der Waals surface area contributed by atoms with E-state index in [-0.39, 0.29) is 4.82 Å². The number of anilines is 1. The monoisotopic (exact) mass is 263 g/mol. The zero-order chi connectivity index (χ0) is 10.8. The summed E-state index contributed by atoms with van der Waals surface area (Å²) in [5, 5.41) is 2.21. The highest BCUT2D eigenvalue weighted by molar-refractivity contribution is 9.18. The van der Waals surface area contributed by atoms with Gasteiger partial charge in [-0.05, 0) is 11.5 Å². The third-order valence-electron chi connectivity index (χ3n) is 2.39. The molecular weight excluding hydrogens is 254 g/mol. The molecule has 2 rings (SSSR count). The molecule has 0 N–H and O–H groups in total. The zero-order valence-corrected chi connectivity index (χ0v) is 9.86. The van der Waals surface area contributed by atoms with E-state index >= 15 is 0 Å². The molecule has 0 aliphatic carbocycles. The van der Waals surface area contributed by atoms with Crippen LogP contribution in [0.2, 0.25) is 0 Å². The molecule has 0 aromatic heterocycles. The zero-order valence-electron chi connectivity index (χ0n) is 8.27. The first-order valence-corrected chi connectivity index (χ1v) is 5.40. The van der Waals surface area contributed by atoms with Gasteiger partial charge in [0.25, 0.3) is 4.82 Å². The number of rotatable bonds is 1. The van der Waals surface area contributed by atoms with E-state index in [1.165, 1.54) is 0 Å². The van der Waals surface area contributed by atoms with Crippen molar-refractivity contribution in [2.45, 2.75) is 0 Å². The molecule has 3 heteroatoms. The van der Waals surface area contributed by atoms with Crippen molar-refractivity contribution in [2.75, 3.05) is 11.9 Å². The summed E-state index contributed by atoms with van der Waals surface area (Å²) in [5.74, 6) is 0. The number of carbonyl (C=O) groups excluding carboxylic acids is 1. The van der Waals surface area contributed by atoms with E-state index in [1.807, 2.05) is 42.5 Å². The Hall–Kier alpha value is -1.35. The summed E-state index contributed by atoms with van der Waals surface area (Å²) in [6.45, 7) is 0. The van der Waals surface area contributed by atoms with Crippen LogP contribution in [0.25, 0.3) is 10.8 Å². The largest absolute Gasteiger partial charge is 0.305 e. The molecule has 76 valence electrons. The Kier molecular flexibility index (Phi) is 2.73. The molecule has 0 saturated heterocycles. The Balaban J connectivity index is 2.65. The summed E-state index contributed by atoms with van der Waals surface area (Å²) in [4.78, 5) is 12.7. The van der Waals surface area contributed by atoms with Crippen molar-refractivity contribution < 1.29 is 4.79 Å². The number of hydrogen-bond acceptors (Lipinski definition) is 1. The lowest BCUT2D eigenvalue weighted by Crippen LogP contribution is -2.19. The first-order chi connectivity index (χ1) is 7.20. The number of halogens is 1. The second-order valence-electron chi connectivity index (χ2n) is 3.31. The Labute approximate surface area is 96.6 Å². The van der Waals surface area contributed by atoms with Crippen molar-refractivity contribution in [2.24, 2.45) is 0 Å². The van der Waals surface area contributed by atoms with Crippen LogP contribution in [0.15, 0.2) is 42.5 Å². The van der Waals surface area contributed by atoms with Crippen LogP contribution in [-0.2, 0) is 0 Å². The van der Waals surface area contributed by atoms with Gasteiger partial charge in [-0.25, -0.2) is 0 Å². The average Bonchev–Trinajstić information content (AvgIpc) is 2.27. The maximum absolute atomic E-state index is 11.2. The highest BCUT2D eigenvalue weighted by atomic mass is 79.9. The van der Waals surface area contributed by atoms with Gasteiger partial charge in [0.1, 0.15) is 0 Å². The Morgan fingerprint density at radius 3 is 2.53 bits per heavy atom. The Bertz CT molecular complexity index is 504. The van der Waals surface area contributed by atoms with E-state index in [4.69, 9.17) is 0 Å². The van der Waals surface area contributed by atoms with Crippen LogP contribution in [0.5, 0.6) is 0 Å². The van der Waals surface area contributed by atoms with Gasteiger partial charge >= 0.3 is 0 Å². The van der Waals surface area contributed by atoms with E-state index in [0.717, 1.165) is 16.5 Å². The Morgan fingerprint density at radius 1 is 1.13 bits per heavy atom. The minimum Gasteiger partial charge on any atom is -0.305 e. The molecule has 0 aliphatic rings. The van der Waals surface area contributed by atoms with Crippen molar-refractivity contribution in [1.82, 2.24) is 0 Å². The lowest BCUT2D eigenvalue weighted by Gasteiger charge is -2.16. The number of hydrogen-bond donors (Lipinski definition) is 0. The quantitative estimate of drug-likeness (QED) is 0.566. The molecule has 0 unspecified atom stereocenters. The van der Waals surface area contributed by atoms with E-state index in [0.29, 0.717) is 0 Å². The number of carbonyl (C=O) groups is 1. The predicted octanol–water partition coefficient (Wildman–Crippen LogP) is 3.79. The Morgan fingerprint density at radius 2 is 1.80 bits per heavy atom. The van der Waals surface area contributed by atoms with Crippen LogP contribution in [-0.4, -0.2) is 11.9 Å². The van der Waals surface area contributed by atoms with E-state index in [2.05, 4.69) is 15.9 Å². The first kappa shape index (κ1) is 10.2. The third-order valence-corrected chi connectivity index (χ3v) is 2.92. The second-order valence-corrected chi connectivity index (χ2v) is 3.99. The maximum atomic E-state index is 11.2. The number of benzene rings is 2. The van der Waals surface area contributed by atoms with Gasteiger partial charge in [-0.1, -0.05) is 36.4 Å². The molecule has 0 atom stereocenters. The van der Waals surface area contributed by atoms with E-state index < -0.39 is 0 Å². The van der Waals surface area contributed by atoms with E-state index in [9.17, 15) is 4.79 Å². The van der Waals surface area contributed by atoms with Crippen molar-refractivity contribution in [3.8, 4) is 0 Å². The van der Waals surface area contributed by atoms with Crippen molar-refractivity contribution in [3.05, 3.63) is 42.5 Å². The molecule has 0 radical (unpaired) electrons. The van der Waals surface area contributed by atoms with Crippen LogP contribution in [0.4, 0.5) is 10.5 Å². The maximum Gasteiger partial charge on any atom is 0.293 e. The molecule has 0 fully saturated rings. The highest BCUT2D eigenvalue weighted by Crippen LogP contribution is 2.26. The van der Waals surface area contributed by atoms with Gasteiger partial charge in [-0.2, -0.15) is 0 Å². The SMILES string of the molecule is CN(C(=O)Br)c1cccc2ccccc12. The molecular formula is C12H10BrNO. The lowest BCUT2D eigenvalue weighted by atomic mass is 10.1. The first-order valence-electron chi connectivity index (χ1n) is 4.61. The number of amides is 1. The molecule has 0 bridgehead atoms. The lowest BCUT2D eigenvalue weighted by molar-refractivity contribution is 0.267. The summed E-state index contributed by atoms with van der Waals surface area (Å²) in [6.07, 6.45) is 0. The van der Waals surface area contributed by atoms with Crippen LogP contribution in [0.3, 0.4) is 0 Å². The van der Waals surface area contributed by atoms with Crippen LogP contribution >= 0.6 is 15.9 Å². The average molecular weight is 264 g/mol. The predicted molar refractivity (Wildman–Crippen MR) is 66.7 cm³/mol. The molecule has 2 aromatic rings. The fourth-order valence-electron chi connectivity index (χ4n) is 1.60. The highest BCUT2D eigenvalue weighted by Gasteiger charge is 2.09. The summed E-state index contributed by atoms with van der Waals surface area (Å²) >= 11 is 2.95. The molecule has 2 aromatic carbocycles. The smallest absolute Gasteiger partial charge is 0.293 e. The minimum atomic E-state index is -0.140. The minimum absolute atomic E-state index is 0.140. The van der Waals surface area contributed by atoms with Gasteiger partial charge < -0.3 is 4.90 Å². The van der Waals surface area contributed by atoms with Crippen molar-refractivity contribution >= 4 is 37.2 Å². The summed E-state index contributed by atoms with van der Waals surface area (Å²) in [6, 6.07) is 13.9. The van der Waals surface area contributed by atoms with Crippen LogP contribution in [0, 0.1) is 0 Å². The molecule has 0 heterocycles. The molecule has 0 aliphatic heterocycles. The van der Waals surface area contributed by atoms with Gasteiger partial charge in [-0.3, -0.25) is 4.79 Å². The number of nitrogens with zero attached hydrogens (tertiary/aromatic N) is 1. The number of fused-ring (bicyclic) bond motifs is 1. The topological polar surface area (TPSA) is 20.3 Å². The standard InChI is InChI=1S/C12H10BrNO/c1-14(12(13)15)11-8-4-6-9-5-2-3-7-10(9)11/h2-8H,1H3. The normalized spacial score (nSPS) is 10.3. The molecule has 2 nitrogen and oxygen atoms in total. The van der Waals surface area contributed by atoms with Crippen LogP contribution < -0.4 is 4.90 Å². The van der Waals surface area contributed by atoms with Gasteiger partial charge in [0.15, 0.2) is 0 Å². The third kappa shape index (κ3) is 1.88. The van der Waals surface area contributed by atoms with Gasteiger partial charge in [0.05, 0.1) is 5.69 Å². The van der Waals surface area contributed by atoms with E-state index in [1.54, 1.807) is 11.9 Å². The van der Waals surface area contributed by atoms with Gasteiger partial charge in [-0.15, -0.1) is 0 Å². The van der Waals surface area contributed by atoms with Crippen molar-refractivity contribution in [3.63, 3.8) is 0 Å². The summed E-state index contributed by atoms with van der Waals surface area (Å²) < 4.78 is 0. The van der Waals surface area contributed by atoms with Crippen LogP contribution in [0.1, 0.15) is 0 Å². The molecule has 15 heavy (non-hydrogen) atoms. The summed E-state index contributed by atoms with van der Waals surface area (Å²) in [5.41, 5.74) is 0.912.